The number of rotatable bonds is 1. The molecule has 2 atom stereocenters. The molecule has 1 aromatic heterocycles. The number of nitrogens with one attached hydrogen (secondary N) is 1. The Bertz CT molecular complexity index is 442. The van der Waals surface area contributed by atoms with Gasteiger partial charge in [-0.25, -0.2) is 0 Å². The van der Waals surface area contributed by atoms with Gasteiger partial charge in [-0.1, -0.05) is 17.7 Å². The van der Waals surface area contributed by atoms with E-state index < -0.39 is 0 Å². The summed E-state index contributed by atoms with van der Waals surface area (Å²) >= 11 is 6.00. The highest BCUT2D eigenvalue weighted by Crippen LogP contribution is 2.37. The van der Waals surface area contributed by atoms with Gasteiger partial charge in [0, 0.05) is 12.4 Å². The Balaban J connectivity index is 1.82. The van der Waals surface area contributed by atoms with Gasteiger partial charge in [0.25, 0.3) is 0 Å². The van der Waals surface area contributed by atoms with Crippen LogP contribution in [-0.2, 0) is 0 Å². The fraction of sp³-hybridized carbons (Fsp3) is 0.500. The minimum Gasteiger partial charge on any atom is -0.316 e. The van der Waals surface area contributed by atoms with Gasteiger partial charge in [-0.3, -0.25) is 4.98 Å². The summed E-state index contributed by atoms with van der Waals surface area (Å²) in [4.78, 5) is 4.18. The van der Waals surface area contributed by atoms with Gasteiger partial charge in [-0.15, -0.1) is 0 Å². The van der Waals surface area contributed by atoms with Crippen LogP contribution in [-0.4, -0.2) is 18.1 Å². The van der Waals surface area contributed by atoms with E-state index in [0.717, 1.165) is 23.4 Å². The lowest BCUT2D eigenvalue weighted by Crippen LogP contribution is -2.37. The van der Waals surface area contributed by atoms with Crippen molar-refractivity contribution in [3.63, 3.8) is 0 Å². The minimum absolute atomic E-state index is 0.729. The summed E-state index contributed by atoms with van der Waals surface area (Å²) in [5.41, 5.74) is 2.62. The molecule has 0 aromatic carbocycles. The van der Waals surface area contributed by atoms with Crippen molar-refractivity contribution in [1.29, 1.82) is 0 Å². The average molecular weight is 249 g/mol. The Morgan fingerprint density at radius 3 is 3.12 bits per heavy atom. The number of piperidine rings is 1. The van der Waals surface area contributed by atoms with Crippen LogP contribution in [0.1, 0.15) is 24.8 Å². The molecule has 0 saturated carbocycles. The molecule has 2 heterocycles. The Kier molecular flexibility index (Phi) is 3.17. The first-order valence-corrected chi connectivity index (χ1v) is 6.71. The summed E-state index contributed by atoms with van der Waals surface area (Å²) in [5, 5.41) is 4.23. The summed E-state index contributed by atoms with van der Waals surface area (Å²) in [5.74, 6) is 1.68. The Hall–Kier alpha value is -0.860. The lowest BCUT2D eigenvalue weighted by atomic mass is 9.75. The van der Waals surface area contributed by atoms with Gasteiger partial charge in [0.05, 0.1) is 5.02 Å². The van der Waals surface area contributed by atoms with E-state index in [1.807, 2.05) is 12.3 Å². The van der Waals surface area contributed by atoms with E-state index in [2.05, 4.69) is 16.4 Å². The molecule has 1 fully saturated rings. The molecule has 0 spiro atoms. The molecule has 2 aliphatic rings. The van der Waals surface area contributed by atoms with Gasteiger partial charge in [-0.2, -0.15) is 0 Å². The molecule has 90 valence electrons. The fourth-order valence-electron chi connectivity index (χ4n) is 3.01. The zero-order valence-electron chi connectivity index (χ0n) is 9.82. The zero-order valence-corrected chi connectivity index (χ0v) is 10.6. The van der Waals surface area contributed by atoms with Crippen molar-refractivity contribution in [2.75, 3.05) is 13.1 Å². The van der Waals surface area contributed by atoms with E-state index in [-0.39, 0.29) is 0 Å². The number of fused-ring (bicyclic) bond motifs is 1. The predicted molar refractivity (Wildman–Crippen MR) is 70.9 cm³/mol. The molecule has 0 unspecified atom stereocenters. The summed E-state index contributed by atoms with van der Waals surface area (Å²) in [6.45, 7) is 2.35. The molecule has 1 aliphatic carbocycles. The third-order valence-electron chi connectivity index (χ3n) is 3.99. The van der Waals surface area contributed by atoms with Crippen LogP contribution in [0.15, 0.2) is 24.5 Å². The summed E-state index contributed by atoms with van der Waals surface area (Å²) in [6, 6.07) is 2.02. The van der Waals surface area contributed by atoms with Crippen molar-refractivity contribution >= 4 is 17.2 Å². The number of hydrogen-bond donors (Lipinski definition) is 1. The monoisotopic (exact) mass is 248 g/mol. The van der Waals surface area contributed by atoms with Gasteiger partial charge >= 0.3 is 0 Å². The molecule has 1 N–H and O–H groups in total. The van der Waals surface area contributed by atoms with E-state index in [0.29, 0.717) is 0 Å². The van der Waals surface area contributed by atoms with Crippen LogP contribution in [0.25, 0.3) is 5.57 Å². The highest BCUT2D eigenvalue weighted by Gasteiger charge is 2.28. The van der Waals surface area contributed by atoms with Crippen LogP contribution >= 0.6 is 11.6 Å². The Morgan fingerprint density at radius 2 is 2.24 bits per heavy atom. The zero-order chi connectivity index (χ0) is 11.7. The number of nitrogens with zero attached hydrogens (tertiary/aromatic N) is 1. The van der Waals surface area contributed by atoms with Gasteiger partial charge in [0.1, 0.15) is 0 Å². The lowest BCUT2D eigenvalue weighted by molar-refractivity contribution is 0.252. The molecular formula is C14H17ClN2. The van der Waals surface area contributed by atoms with Crippen molar-refractivity contribution in [2.45, 2.75) is 19.3 Å². The van der Waals surface area contributed by atoms with Crippen molar-refractivity contribution in [3.8, 4) is 0 Å². The van der Waals surface area contributed by atoms with Crippen LogP contribution < -0.4 is 5.32 Å². The topological polar surface area (TPSA) is 24.9 Å². The quantitative estimate of drug-likeness (QED) is 0.826. The molecule has 1 saturated heterocycles. The van der Waals surface area contributed by atoms with E-state index in [1.165, 1.54) is 36.9 Å². The largest absolute Gasteiger partial charge is 0.316 e. The second kappa shape index (κ2) is 4.79. The first-order valence-electron chi connectivity index (χ1n) is 6.33. The lowest BCUT2D eigenvalue weighted by Gasteiger charge is -2.35. The first-order chi connectivity index (χ1) is 8.33. The minimum atomic E-state index is 0.729. The van der Waals surface area contributed by atoms with Crippen LogP contribution in [0, 0.1) is 11.8 Å². The predicted octanol–water partition coefficient (Wildman–Crippen LogP) is 3.14. The second-order valence-corrected chi connectivity index (χ2v) is 5.51. The second-order valence-electron chi connectivity index (χ2n) is 5.07. The van der Waals surface area contributed by atoms with Gasteiger partial charge < -0.3 is 5.32 Å². The molecule has 3 heteroatoms. The van der Waals surface area contributed by atoms with Crippen molar-refractivity contribution < 1.29 is 0 Å². The van der Waals surface area contributed by atoms with E-state index in [1.54, 1.807) is 6.20 Å². The molecule has 17 heavy (non-hydrogen) atoms. The smallest absolute Gasteiger partial charge is 0.0595 e. The summed E-state index contributed by atoms with van der Waals surface area (Å²) in [7, 11) is 0. The molecule has 0 radical (unpaired) electrons. The third kappa shape index (κ3) is 2.38. The van der Waals surface area contributed by atoms with E-state index >= 15 is 0 Å². The van der Waals surface area contributed by atoms with Crippen LogP contribution in [0.4, 0.5) is 0 Å². The van der Waals surface area contributed by atoms with Gasteiger partial charge in [-0.05, 0) is 61.4 Å². The summed E-state index contributed by atoms with van der Waals surface area (Å²) in [6.07, 6.45) is 9.71. The highest BCUT2D eigenvalue weighted by molar-refractivity contribution is 6.30. The van der Waals surface area contributed by atoms with Crippen molar-refractivity contribution in [2.24, 2.45) is 11.8 Å². The molecule has 1 aliphatic heterocycles. The van der Waals surface area contributed by atoms with Crippen LogP contribution in [0.3, 0.4) is 0 Å². The van der Waals surface area contributed by atoms with E-state index in [4.69, 9.17) is 11.6 Å². The molecule has 0 amide bonds. The van der Waals surface area contributed by atoms with Gasteiger partial charge in [0.15, 0.2) is 0 Å². The SMILES string of the molecule is Clc1cncc(C2=CC[C@@H]3CCNC[C@@H]3C2)c1. The maximum atomic E-state index is 6.00. The maximum Gasteiger partial charge on any atom is 0.0595 e. The Morgan fingerprint density at radius 1 is 1.29 bits per heavy atom. The number of hydrogen-bond acceptors (Lipinski definition) is 2. The highest BCUT2D eigenvalue weighted by atomic mass is 35.5. The third-order valence-corrected chi connectivity index (χ3v) is 4.20. The number of allylic oxidation sites excluding steroid dienone is 2. The molecule has 3 rings (SSSR count). The average Bonchev–Trinajstić information content (AvgIpc) is 2.38. The maximum absolute atomic E-state index is 6.00. The van der Waals surface area contributed by atoms with Crippen LogP contribution in [0.5, 0.6) is 0 Å². The standard InChI is InChI=1S/C14H17ClN2/c15-14-6-13(8-17-9-14)11-2-1-10-3-4-16-7-12(10)5-11/h2,6,8-10,12,16H,1,3-5,7H2/t10-,12+/m1/s1. The first kappa shape index (κ1) is 11.2. The molecule has 0 bridgehead atoms. The number of aromatic nitrogens is 1. The molecular weight excluding hydrogens is 232 g/mol. The summed E-state index contributed by atoms with van der Waals surface area (Å²) < 4.78 is 0. The van der Waals surface area contributed by atoms with E-state index in [9.17, 15) is 0 Å². The van der Waals surface area contributed by atoms with Crippen molar-refractivity contribution in [1.82, 2.24) is 10.3 Å². The number of halogens is 1. The fourth-order valence-corrected chi connectivity index (χ4v) is 3.18. The Labute approximate surface area is 107 Å². The van der Waals surface area contributed by atoms with Gasteiger partial charge in [0.2, 0.25) is 0 Å². The molecule has 2 nitrogen and oxygen atoms in total. The molecule has 1 aromatic rings. The number of pyridine rings is 1. The van der Waals surface area contributed by atoms with Crippen LogP contribution in [0.2, 0.25) is 5.02 Å². The normalized spacial score (nSPS) is 28.4. The van der Waals surface area contributed by atoms with Crippen molar-refractivity contribution in [3.05, 3.63) is 35.1 Å².